The molecule has 0 radical (unpaired) electrons. The molecule has 0 aromatic rings. The molecule has 1 rings (SSSR count). The minimum atomic E-state index is -0.170. The normalized spacial score (nSPS) is 14.9. The summed E-state index contributed by atoms with van der Waals surface area (Å²) in [6, 6.07) is 0.339. The lowest BCUT2D eigenvalue weighted by atomic mass is 10.3. The summed E-state index contributed by atoms with van der Waals surface area (Å²) in [6.07, 6.45) is 4.11. The highest BCUT2D eigenvalue weighted by molar-refractivity contribution is 5.97. The van der Waals surface area contributed by atoms with E-state index in [0.29, 0.717) is 12.6 Å². The van der Waals surface area contributed by atoms with E-state index in [0.717, 1.165) is 25.7 Å². The van der Waals surface area contributed by atoms with Gasteiger partial charge in [-0.05, 0) is 19.3 Å². The Balaban J connectivity index is 2.02. The topological polar surface area (TPSA) is 58.2 Å². The standard InChI is InChI=1S/C10H18N2O2/c1-2-3-6-11-9(13)7-10(14)12-8-4-5-8/h8H,2-7H2,1H3,(H,11,13)(H,12,14). The van der Waals surface area contributed by atoms with Crippen LogP contribution in [0.25, 0.3) is 0 Å². The van der Waals surface area contributed by atoms with Gasteiger partial charge in [-0.25, -0.2) is 0 Å². The molecule has 0 atom stereocenters. The van der Waals surface area contributed by atoms with Crippen LogP contribution in [0.15, 0.2) is 0 Å². The second-order valence-electron chi connectivity index (χ2n) is 3.72. The number of carbonyl (C=O) groups is 2. The zero-order valence-electron chi connectivity index (χ0n) is 8.64. The Morgan fingerprint density at radius 3 is 2.57 bits per heavy atom. The van der Waals surface area contributed by atoms with Crippen LogP contribution in [0.4, 0.5) is 0 Å². The number of rotatable bonds is 6. The molecule has 2 amide bonds. The molecule has 4 heteroatoms. The van der Waals surface area contributed by atoms with Crippen LogP contribution in [0.3, 0.4) is 0 Å². The van der Waals surface area contributed by atoms with Crippen molar-refractivity contribution in [2.75, 3.05) is 6.54 Å². The van der Waals surface area contributed by atoms with Crippen molar-refractivity contribution in [3.8, 4) is 0 Å². The molecule has 0 spiro atoms. The van der Waals surface area contributed by atoms with Gasteiger partial charge in [-0.1, -0.05) is 13.3 Å². The summed E-state index contributed by atoms with van der Waals surface area (Å²) in [4.78, 5) is 22.3. The van der Waals surface area contributed by atoms with Crippen molar-refractivity contribution in [2.45, 2.75) is 45.1 Å². The molecule has 0 aromatic carbocycles. The molecule has 1 saturated carbocycles. The lowest BCUT2D eigenvalue weighted by molar-refractivity contribution is -0.129. The number of hydrogen-bond acceptors (Lipinski definition) is 2. The van der Waals surface area contributed by atoms with Crippen LogP contribution >= 0.6 is 0 Å². The highest BCUT2D eigenvalue weighted by Gasteiger charge is 2.23. The molecule has 0 heterocycles. The fourth-order valence-corrected chi connectivity index (χ4v) is 1.12. The predicted octanol–water partition coefficient (Wildman–Crippen LogP) is 0.571. The van der Waals surface area contributed by atoms with Gasteiger partial charge >= 0.3 is 0 Å². The molecular weight excluding hydrogens is 180 g/mol. The van der Waals surface area contributed by atoms with Gasteiger partial charge in [0, 0.05) is 12.6 Å². The molecule has 80 valence electrons. The molecular formula is C10H18N2O2. The number of hydrogen-bond donors (Lipinski definition) is 2. The van der Waals surface area contributed by atoms with Gasteiger partial charge in [0.2, 0.25) is 11.8 Å². The van der Waals surface area contributed by atoms with Crippen LogP contribution < -0.4 is 10.6 Å². The average molecular weight is 198 g/mol. The Bertz CT molecular complexity index is 212. The molecule has 1 aliphatic carbocycles. The quantitative estimate of drug-likeness (QED) is 0.484. The van der Waals surface area contributed by atoms with E-state index in [1.54, 1.807) is 0 Å². The largest absolute Gasteiger partial charge is 0.356 e. The van der Waals surface area contributed by atoms with Crippen molar-refractivity contribution in [2.24, 2.45) is 0 Å². The van der Waals surface area contributed by atoms with E-state index in [9.17, 15) is 9.59 Å². The van der Waals surface area contributed by atoms with Gasteiger partial charge in [0.25, 0.3) is 0 Å². The van der Waals surface area contributed by atoms with Crippen LogP contribution in [-0.2, 0) is 9.59 Å². The summed E-state index contributed by atoms with van der Waals surface area (Å²) in [5.74, 6) is -0.321. The summed E-state index contributed by atoms with van der Waals surface area (Å²) >= 11 is 0. The first-order valence-electron chi connectivity index (χ1n) is 5.28. The molecule has 1 aliphatic rings. The summed E-state index contributed by atoms with van der Waals surface area (Å²) in [5, 5.41) is 5.48. The van der Waals surface area contributed by atoms with Gasteiger partial charge in [-0.15, -0.1) is 0 Å². The fraction of sp³-hybridized carbons (Fsp3) is 0.800. The second kappa shape index (κ2) is 5.62. The third-order valence-corrected chi connectivity index (χ3v) is 2.12. The number of unbranched alkanes of at least 4 members (excludes halogenated alkanes) is 1. The maximum atomic E-state index is 11.2. The van der Waals surface area contributed by atoms with Crippen LogP contribution in [0.2, 0.25) is 0 Å². The van der Waals surface area contributed by atoms with Crippen LogP contribution in [0.1, 0.15) is 39.0 Å². The number of nitrogens with one attached hydrogen (secondary N) is 2. The van der Waals surface area contributed by atoms with Gasteiger partial charge in [0.15, 0.2) is 0 Å². The molecule has 2 N–H and O–H groups in total. The van der Waals surface area contributed by atoms with Gasteiger partial charge in [-0.3, -0.25) is 9.59 Å². The highest BCUT2D eigenvalue weighted by Crippen LogP contribution is 2.18. The van der Waals surface area contributed by atoms with Crippen molar-refractivity contribution in [3.63, 3.8) is 0 Å². The van der Waals surface area contributed by atoms with Crippen molar-refractivity contribution < 1.29 is 9.59 Å². The Morgan fingerprint density at radius 2 is 2.00 bits per heavy atom. The molecule has 14 heavy (non-hydrogen) atoms. The van der Waals surface area contributed by atoms with E-state index in [4.69, 9.17) is 0 Å². The SMILES string of the molecule is CCCCNC(=O)CC(=O)NC1CC1. The zero-order chi connectivity index (χ0) is 10.4. The molecule has 0 aromatic heterocycles. The second-order valence-corrected chi connectivity index (χ2v) is 3.72. The summed E-state index contributed by atoms with van der Waals surface area (Å²) < 4.78 is 0. The Morgan fingerprint density at radius 1 is 1.29 bits per heavy atom. The summed E-state index contributed by atoms with van der Waals surface area (Å²) in [5.41, 5.74) is 0. The highest BCUT2D eigenvalue weighted by atomic mass is 16.2. The lowest BCUT2D eigenvalue weighted by Crippen LogP contribution is -2.33. The lowest BCUT2D eigenvalue weighted by Gasteiger charge is -2.04. The molecule has 0 saturated heterocycles. The number of amides is 2. The zero-order valence-corrected chi connectivity index (χ0v) is 8.64. The predicted molar refractivity (Wildman–Crippen MR) is 53.7 cm³/mol. The molecule has 4 nitrogen and oxygen atoms in total. The first-order valence-corrected chi connectivity index (χ1v) is 5.28. The first-order chi connectivity index (χ1) is 6.72. The molecule has 0 unspecified atom stereocenters. The van der Waals surface area contributed by atoms with E-state index < -0.39 is 0 Å². The Kier molecular flexibility index (Phi) is 4.43. The van der Waals surface area contributed by atoms with E-state index in [2.05, 4.69) is 17.6 Å². The van der Waals surface area contributed by atoms with Crippen molar-refractivity contribution >= 4 is 11.8 Å². The molecule has 0 aliphatic heterocycles. The third-order valence-electron chi connectivity index (χ3n) is 2.12. The maximum absolute atomic E-state index is 11.2. The van der Waals surface area contributed by atoms with Crippen molar-refractivity contribution in [3.05, 3.63) is 0 Å². The molecule has 1 fully saturated rings. The summed E-state index contributed by atoms with van der Waals surface area (Å²) in [6.45, 7) is 2.73. The average Bonchev–Trinajstić information content (AvgIpc) is 2.88. The van der Waals surface area contributed by atoms with Crippen LogP contribution in [-0.4, -0.2) is 24.4 Å². The van der Waals surface area contributed by atoms with Crippen LogP contribution in [0.5, 0.6) is 0 Å². The van der Waals surface area contributed by atoms with E-state index in [1.165, 1.54) is 0 Å². The van der Waals surface area contributed by atoms with E-state index in [-0.39, 0.29) is 18.2 Å². The minimum absolute atomic E-state index is 0.0276. The first kappa shape index (κ1) is 11.0. The van der Waals surface area contributed by atoms with Gasteiger partial charge < -0.3 is 10.6 Å². The Hall–Kier alpha value is -1.06. The molecule has 0 bridgehead atoms. The van der Waals surface area contributed by atoms with Crippen LogP contribution in [0, 0.1) is 0 Å². The van der Waals surface area contributed by atoms with Gasteiger partial charge in [0.1, 0.15) is 6.42 Å². The van der Waals surface area contributed by atoms with Gasteiger partial charge in [0.05, 0.1) is 0 Å². The number of carbonyl (C=O) groups excluding carboxylic acids is 2. The van der Waals surface area contributed by atoms with Crippen molar-refractivity contribution in [1.29, 1.82) is 0 Å². The summed E-state index contributed by atoms with van der Waals surface area (Å²) in [7, 11) is 0. The minimum Gasteiger partial charge on any atom is -0.356 e. The maximum Gasteiger partial charge on any atom is 0.229 e. The van der Waals surface area contributed by atoms with Gasteiger partial charge in [-0.2, -0.15) is 0 Å². The fourth-order valence-electron chi connectivity index (χ4n) is 1.12. The smallest absolute Gasteiger partial charge is 0.229 e. The Labute approximate surface area is 84.4 Å². The third kappa shape index (κ3) is 4.84. The van der Waals surface area contributed by atoms with E-state index in [1.807, 2.05) is 0 Å². The van der Waals surface area contributed by atoms with E-state index >= 15 is 0 Å². The van der Waals surface area contributed by atoms with Crippen molar-refractivity contribution in [1.82, 2.24) is 10.6 Å². The monoisotopic (exact) mass is 198 g/mol.